The van der Waals surface area contributed by atoms with E-state index in [9.17, 15) is 9.59 Å². The van der Waals surface area contributed by atoms with E-state index < -0.39 is 0 Å². The molecule has 0 spiro atoms. The number of carbonyl (C=O) groups excluding carboxylic acids is 2. The smallest absolute Gasteiger partial charge is 0.268 e. The molecule has 5 nitrogen and oxygen atoms in total. The van der Waals surface area contributed by atoms with Crippen LogP contribution in [0.3, 0.4) is 0 Å². The standard InChI is InChI=1S/C36H33N3O2/c1-24-11-7-9-15-31(24)32-19-17-28(21-25(32)2)36(41)39-23-30-18-20-34(38(30)22-29-14-8-10-16-33(29)39)35(40)37-26(3)27-12-5-4-6-13-27/h4-21,26H,22-23H2,1-3H3,(H,37,40). The summed E-state index contributed by atoms with van der Waals surface area (Å²) < 4.78 is 2.03. The van der Waals surface area contributed by atoms with E-state index in [-0.39, 0.29) is 17.9 Å². The predicted molar refractivity (Wildman–Crippen MR) is 164 cm³/mol. The number of nitrogens with zero attached hydrogens (tertiary/aromatic N) is 2. The van der Waals surface area contributed by atoms with Crippen LogP contribution in [0.5, 0.6) is 0 Å². The van der Waals surface area contributed by atoms with Crippen LogP contribution in [-0.4, -0.2) is 16.4 Å². The molecule has 5 heteroatoms. The number of carbonyl (C=O) groups is 2. The van der Waals surface area contributed by atoms with Crippen molar-refractivity contribution < 1.29 is 9.59 Å². The fraction of sp³-hybridized carbons (Fsp3) is 0.167. The zero-order valence-electron chi connectivity index (χ0n) is 23.6. The zero-order chi connectivity index (χ0) is 28.5. The third kappa shape index (κ3) is 5.07. The van der Waals surface area contributed by atoms with E-state index >= 15 is 0 Å². The Morgan fingerprint density at radius 3 is 2.22 bits per heavy atom. The second-order valence-electron chi connectivity index (χ2n) is 10.8. The molecule has 1 N–H and O–H groups in total. The molecule has 0 fully saturated rings. The summed E-state index contributed by atoms with van der Waals surface area (Å²) in [4.78, 5) is 29.3. The molecule has 6 rings (SSSR count). The fourth-order valence-electron chi connectivity index (χ4n) is 5.76. The van der Waals surface area contributed by atoms with Gasteiger partial charge in [-0.3, -0.25) is 9.59 Å². The summed E-state index contributed by atoms with van der Waals surface area (Å²) in [5.74, 6) is -0.192. The Labute approximate surface area is 241 Å². The molecule has 0 saturated carbocycles. The van der Waals surface area contributed by atoms with E-state index in [2.05, 4.69) is 31.3 Å². The van der Waals surface area contributed by atoms with Crippen molar-refractivity contribution >= 4 is 17.5 Å². The minimum Gasteiger partial charge on any atom is -0.344 e. The Morgan fingerprint density at radius 2 is 1.44 bits per heavy atom. The Bertz CT molecular complexity index is 1750. The van der Waals surface area contributed by atoms with Crippen molar-refractivity contribution in [3.8, 4) is 11.1 Å². The number of aryl methyl sites for hydroxylation is 2. The van der Waals surface area contributed by atoms with Gasteiger partial charge >= 0.3 is 0 Å². The van der Waals surface area contributed by atoms with Gasteiger partial charge in [-0.05, 0) is 84.5 Å². The lowest BCUT2D eigenvalue weighted by molar-refractivity contribution is 0.0930. The quantitative estimate of drug-likeness (QED) is 0.252. The molecule has 41 heavy (non-hydrogen) atoms. The molecule has 0 bridgehead atoms. The molecular weight excluding hydrogens is 506 g/mol. The van der Waals surface area contributed by atoms with Gasteiger partial charge in [0.05, 0.1) is 19.1 Å². The van der Waals surface area contributed by atoms with Crippen LogP contribution < -0.4 is 10.2 Å². The molecule has 1 unspecified atom stereocenters. The van der Waals surface area contributed by atoms with Crippen LogP contribution in [0, 0.1) is 13.8 Å². The monoisotopic (exact) mass is 539 g/mol. The molecule has 1 aromatic heterocycles. The maximum absolute atomic E-state index is 14.1. The number of amides is 2. The van der Waals surface area contributed by atoms with E-state index in [1.165, 1.54) is 11.1 Å². The van der Waals surface area contributed by atoms with E-state index in [1.807, 2.05) is 113 Å². The van der Waals surface area contributed by atoms with E-state index in [1.54, 1.807) is 0 Å². The maximum Gasteiger partial charge on any atom is 0.268 e. The molecule has 1 aliphatic heterocycles. The van der Waals surface area contributed by atoms with Crippen LogP contribution in [0.4, 0.5) is 5.69 Å². The highest BCUT2D eigenvalue weighted by Crippen LogP contribution is 2.32. The van der Waals surface area contributed by atoms with Crippen molar-refractivity contribution in [3.05, 3.63) is 148 Å². The summed E-state index contributed by atoms with van der Waals surface area (Å²) >= 11 is 0. The van der Waals surface area contributed by atoms with Gasteiger partial charge in [0, 0.05) is 16.9 Å². The molecule has 2 amide bonds. The second-order valence-corrected chi connectivity index (χ2v) is 10.8. The molecule has 5 aromatic rings. The summed E-state index contributed by atoms with van der Waals surface area (Å²) in [5, 5.41) is 3.14. The number of hydrogen-bond acceptors (Lipinski definition) is 2. The van der Waals surface area contributed by atoms with Crippen molar-refractivity contribution in [1.29, 1.82) is 0 Å². The van der Waals surface area contributed by atoms with E-state index in [0.717, 1.165) is 33.6 Å². The van der Waals surface area contributed by atoms with Crippen molar-refractivity contribution in [1.82, 2.24) is 9.88 Å². The topological polar surface area (TPSA) is 54.3 Å². The van der Waals surface area contributed by atoms with Crippen molar-refractivity contribution in [2.24, 2.45) is 0 Å². The first kappa shape index (κ1) is 26.3. The van der Waals surface area contributed by atoms with Crippen LogP contribution in [0.1, 0.15) is 61.8 Å². The zero-order valence-corrected chi connectivity index (χ0v) is 23.6. The lowest BCUT2D eigenvalue weighted by atomic mass is 9.95. The lowest BCUT2D eigenvalue weighted by Crippen LogP contribution is -2.31. The minimum atomic E-state index is -0.132. The molecule has 2 heterocycles. The average Bonchev–Trinajstić information content (AvgIpc) is 3.31. The third-order valence-corrected chi connectivity index (χ3v) is 8.04. The summed E-state index contributed by atoms with van der Waals surface area (Å²) in [6.07, 6.45) is 0. The van der Waals surface area contributed by atoms with Gasteiger partial charge in [0.15, 0.2) is 0 Å². The second kappa shape index (κ2) is 10.9. The highest BCUT2D eigenvalue weighted by atomic mass is 16.2. The summed E-state index contributed by atoms with van der Waals surface area (Å²) in [7, 11) is 0. The number of anilines is 1. The average molecular weight is 540 g/mol. The third-order valence-electron chi connectivity index (χ3n) is 8.04. The van der Waals surface area contributed by atoms with Crippen LogP contribution in [0.25, 0.3) is 11.1 Å². The van der Waals surface area contributed by atoms with Crippen molar-refractivity contribution in [2.45, 2.75) is 39.9 Å². The molecule has 1 aliphatic rings. The Balaban J connectivity index is 1.31. The summed E-state index contributed by atoms with van der Waals surface area (Å²) in [6.45, 7) is 7.03. The highest BCUT2D eigenvalue weighted by molar-refractivity contribution is 6.07. The Morgan fingerprint density at radius 1 is 0.732 bits per heavy atom. The first-order chi connectivity index (χ1) is 19.9. The Kier molecular flexibility index (Phi) is 7.02. The molecule has 0 saturated heterocycles. The molecule has 0 radical (unpaired) electrons. The van der Waals surface area contributed by atoms with Crippen molar-refractivity contribution in [3.63, 3.8) is 0 Å². The maximum atomic E-state index is 14.1. The Hall–Kier alpha value is -4.90. The number of rotatable bonds is 5. The van der Waals surface area contributed by atoms with E-state index in [4.69, 9.17) is 0 Å². The number of fused-ring (bicyclic) bond motifs is 2. The number of para-hydroxylation sites is 1. The number of nitrogens with one attached hydrogen (secondary N) is 1. The van der Waals surface area contributed by atoms with Crippen LogP contribution in [0.2, 0.25) is 0 Å². The van der Waals surface area contributed by atoms with Gasteiger partial charge in [-0.15, -0.1) is 0 Å². The van der Waals surface area contributed by atoms with Crippen LogP contribution >= 0.6 is 0 Å². The predicted octanol–water partition coefficient (Wildman–Crippen LogP) is 7.47. The van der Waals surface area contributed by atoms with E-state index in [0.29, 0.717) is 24.3 Å². The van der Waals surface area contributed by atoms with Gasteiger partial charge in [0.2, 0.25) is 0 Å². The lowest BCUT2D eigenvalue weighted by Gasteiger charge is -2.23. The SMILES string of the molecule is Cc1ccccc1-c1ccc(C(=O)N2Cc3ccc(C(=O)NC(C)c4ccccc4)n3Cc3ccccc32)cc1C. The number of benzene rings is 4. The summed E-state index contributed by atoms with van der Waals surface area (Å²) in [6, 6.07) is 35.9. The molecule has 0 aliphatic carbocycles. The number of aromatic nitrogens is 1. The van der Waals surface area contributed by atoms with Gasteiger partial charge < -0.3 is 14.8 Å². The van der Waals surface area contributed by atoms with Crippen LogP contribution in [0.15, 0.2) is 109 Å². The molecule has 1 atom stereocenters. The van der Waals surface area contributed by atoms with Crippen LogP contribution in [-0.2, 0) is 13.1 Å². The number of hydrogen-bond donors (Lipinski definition) is 1. The van der Waals surface area contributed by atoms with Gasteiger partial charge in [0.25, 0.3) is 11.8 Å². The highest BCUT2D eigenvalue weighted by Gasteiger charge is 2.28. The minimum absolute atomic E-state index is 0.0600. The van der Waals surface area contributed by atoms with Gasteiger partial charge in [0.1, 0.15) is 5.69 Å². The van der Waals surface area contributed by atoms with Crippen molar-refractivity contribution in [2.75, 3.05) is 4.90 Å². The van der Waals surface area contributed by atoms with Gasteiger partial charge in [-0.25, -0.2) is 0 Å². The molecular formula is C36H33N3O2. The molecule has 4 aromatic carbocycles. The normalized spacial score (nSPS) is 13.1. The first-order valence-corrected chi connectivity index (χ1v) is 14.0. The first-order valence-electron chi connectivity index (χ1n) is 14.0. The largest absolute Gasteiger partial charge is 0.344 e. The fourth-order valence-corrected chi connectivity index (χ4v) is 5.76. The van der Waals surface area contributed by atoms with Gasteiger partial charge in [-0.2, -0.15) is 0 Å². The summed E-state index contributed by atoms with van der Waals surface area (Å²) in [5.41, 5.74) is 9.63. The molecule has 204 valence electrons. The van der Waals surface area contributed by atoms with Gasteiger partial charge in [-0.1, -0.05) is 78.9 Å².